The molecule has 19 heavy (non-hydrogen) atoms. The molecule has 0 saturated heterocycles. The van der Waals surface area contributed by atoms with E-state index in [4.69, 9.17) is 11.6 Å². The van der Waals surface area contributed by atoms with Crippen LogP contribution in [0.15, 0.2) is 53.3 Å². The summed E-state index contributed by atoms with van der Waals surface area (Å²) in [4.78, 5) is 12.2. The Hall–Kier alpha value is -2.13. The molecule has 1 aromatic heterocycles. The highest BCUT2D eigenvalue weighted by Gasteiger charge is 2.10. The average molecular weight is 271 g/mol. The van der Waals surface area contributed by atoms with Crippen molar-refractivity contribution in [1.82, 2.24) is 9.78 Å². The number of fused-ring (bicyclic) bond motifs is 1. The highest BCUT2D eigenvalue weighted by Crippen LogP contribution is 2.20. The van der Waals surface area contributed by atoms with Gasteiger partial charge in [-0.05, 0) is 31.2 Å². The topological polar surface area (TPSA) is 34.9 Å². The third-order valence-corrected chi connectivity index (χ3v) is 3.25. The summed E-state index contributed by atoms with van der Waals surface area (Å²) in [6.45, 7) is 1.89. The number of benzene rings is 1. The van der Waals surface area contributed by atoms with Crippen LogP contribution in [0.4, 0.5) is 0 Å². The summed E-state index contributed by atoms with van der Waals surface area (Å²) in [5, 5.41) is 5.92. The van der Waals surface area contributed by atoms with Gasteiger partial charge in [0.05, 0.1) is 11.4 Å². The third-order valence-electron chi connectivity index (χ3n) is 3.01. The van der Waals surface area contributed by atoms with E-state index in [1.165, 1.54) is 0 Å². The number of aromatic nitrogens is 2. The van der Waals surface area contributed by atoms with E-state index in [9.17, 15) is 4.79 Å². The summed E-state index contributed by atoms with van der Waals surface area (Å²) in [7, 11) is 0. The fourth-order valence-electron chi connectivity index (χ4n) is 2.14. The predicted octanol–water partition coefficient (Wildman–Crippen LogP) is 3.35. The van der Waals surface area contributed by atoms with Crippen molar-refractivity contribution in [2.75, 3.05) is 0 Å². The summed E-state index contributed by atoms with van der Waals surface area (Å²) < 4.78 is 1.65. The van der Waals surface area contributed by atoms with E-state index in [1.807, 2.05) is 31.2 Å². The molecule has 0 aliphatic rings. The van der Waals surface area contributed by atoms with Gasteiger partial charge >= 0.3 is 0 Å². The van der Waals surface area contributed by atoms with Crippen molar-refractivity contribution in [3.8, 4) is 5.69 Å². The van der Waals surface area contributed by atoms with Gasteiger partial charge in [-0.3, -0.25) is 4.79 Å². The molecule has 0 N–H and O–H groups in total. The first kappa shape index (κ1) is 11.9. The normalized spacial score (nSPS) is 10.8. The standard InChI is InChI=1S/C15H11ClN2O/c1-10-13-7-2-3-8-14(19)15(13)18(17-10)12-6-4-5-11(16)9-12/h2-9H,1H3. The second-order valence-electron chi connectivity index (χ2n) is 4.32. The minimum absolute atomic E-state index is 0.0550. The molecule has 0 radical (unpaired) electrons. The minimum Gasteiger partial charge on any atom is -0.288 e. The monoisotopic (exact) mass is 270 g/mol. The van der Waals surface area contributed by atoms with Crippen LogP contribution in [0, 0.1) is 6.92 Å². The maximum Gasteiger partial charge on any atom is 0.204 e. The fraction of sp³-hybridized carbons (Fsp3) is 0.0667. The Balaban J connectivity index is 2.44. The highest BCUT2D eigenvalue weighted by molar-refractivity contribution is 6.30. The molecule has 1 heterocycles. The summed E-state index contributed by atoms with van der Waals surface area (Å²) >= 11 is 6.00. The Bertz CT molecular complexity index is 824. The molecule has 4 heteroatoms. The van der Waals surface area contributed by atoms with Gasteiger partial charge < -0.3 is 0 Å². The van der Waals surface area contributed by atoms with E-state index >= 15 is 0 Å². The minimum atomic E-state index is -0.0550. The van der Waals surface area contributed by atoms with E-state index in [-0.39, 0.29) is 5.43 Å². The Morgan fingerprint density at radius 2 is 1.89 bits per heavy atom. The Labute approximate surface area is 115 Å². The molecule has 0 saturated carbocycles. The van der Waals surface area contributed by atoms with Gasteiger partial charge in [-0.15, -0.1) is 0 Å². The first-order chi connectivity index (χ1) is 9.16. The van der Waals surface area contributed by atoms with E-state index in [0.29, 0.717) is 10.5 Å². The second-order valence-corrected chi connectivity index (χ2v) is 4.76. The van der Waals surface area contributed by atoms with Crippen molar-refractivity contribution in [1.29, 1.82) is 0 Å². The molecule has 3 nitrogen and oxygen atoms in total. The molecular weight excluding hydrogens is 260 g/mol. The molecule has 0 spiro atoms. The molecular formula is C15H11ClN2O. The number of hydrogen-bond donors (Lipinski definition) is 0. The molecule has 0 bridgehead atoms. The van der Waals surface area contributed by atoms with Gasteiger partial charge in [0, 0.05) is 10.4 Å². The summed E-state index contributed by atoms with van der Waals surface area (Å²) in [6, 6.07) is 14.3. The van der Waals surface area contributed by atoms with Gasteiger partial charge in [0.25, 0.3) is 0 Å². The largest absolute Gasteiger partial charge is 0.288 e. The zero-order valence-corrected chi connectivity index (χ0v) is 11.1. The van der Waals surface area contributed by atoms with Crippen molar-refractivity contribution in [2.45, 2.75) is 6.92 Å². The molecule has 0 fully saturated rings. The lowest BCUT2D eigenvalue weighted by Gasteiger charge is -2.02. The molecule has 94 valence electrons. The smallest absolute Gasteiger partial charge is 0.204 e. The molecule has 3 rings (SSSR count). The Morgan fingerprint density at radius 1 is 1.11 bits per heavy atom. The van der Waals surface area contributed by atoms with Crippen LogP contribution >= 0.6 is 11.6 Å². The quantitative estimate of drug-likeness (QED) is 0.680. The van der Waals surface area contributed by atoms with Crippen LogP contribution in [0.5, 0.6) is 0 Å². The Morgan fingerprint density at radius 3 is 2.68 bits per heavy atom. The predicted molar refractivity (Wildman–Crippen MR) is 77.1 cm³/mol. The number of halogens is 1. The summed E-state index contributed by atoms with van der Waals surface area (Å²) in [6.07, 6.45) is 0. The van der Waals surface area contributed by atoms with E-state index in [2.05, 4.69) is 5.10 Å². The SMILES string of the molecule is Cc1nn(-c2cccc(Cl)c2)c2c(=O)ccccc12. The zero-order chi connectivity index (χ0) is 13.4. The van der Waals surface area contributed by atoms with Crippen LogP contribution < -0.4 is 5.43 Å². The van der Waals surface area contributed by atoms with Crippen molar-refractivity contribution in [3.63, 3.8) is 0 Å². The molecule has 0 amide bonds. The van der Waals surface area contributed by atoms with Crippen molar-refractivity contribution >= 4 is 22.5 Å². The van der Waals surface area contributed by atoms with Crippen molar-refractivity contribution in [3.05, 3.63) is 69.5 Å². The van der Waals surface area contributed by atoms with Gasteiger partial charge in [0.1, 0.15) is 5.52 Å². The van der Waals surface area contributed by atoms with Crippen LogP contribution in [-0.2, 0) is 0 Å². The number of nitrogens with zero attached hydrogens (tertiary/aromatic N) is 2. The van der Waals surface area contributed by atoms with Gasteiger partial charge in [-0.2, -0.15) is 5.10 Å². The first-order valence-corrected chi connectivity index (χ1v) is 6.29. The second kappa shape index (κ2) is 4.52. The van der Waals surface area contributed by atoms with Crippen LogP contribution in [0.1, 0.15) is 5.69 Å². The maximum absolute atomic E-state index is 12.2. The summed E-state index contributed by atoms with van der Waals surface area (Å²) in [5.74, 6) is 0. The molecule has 0 atom stereocenters. The lowest BCUT2D eigenvalue weighted by Crippen LogP contribution is -2.04. The number of rotatable bonds is 1. The van der Waals surface area contributed by atoms with Gasteiger partial charge in [-0.25, -0.2) is 4.68 Å². The molecule has 0 unspecified atom stereocenters. The van der Waals surface area contributed by atoms with Gasteiger partial charge in [0.2, 0.25) is 5.43 Å². The molecule has 0 aliphatic heterocycles. The Kier molecular flexibility index (Phi) is 2.84. The van der Waals surface area contributed by atoms with E-state index in [1.54, 1.807) is 28.9 Å². The van der Waals surface area contributed by atoms with Gasteiger partial charge in [-0.1, -0.05) is 35.9 Å². The van der Waals surface area contributed by atoms with E-state index < -0.39 is 0 Å². The molecule has 0 aliphatic carbocycles. The van der Waals surface area contributed by atoms with Crippen LogP contribution in [-0.4, -0.2) is 9.78 Å². The zero-order valence-electron chi connectivity index (χ0n) is 10.3. The molecule has 3 aromatic rings. The number of aryl methyl sites for hydroxylation is 1. The fourth-order valence-corrected chi connectivity index (χ4v) is 2.33. The van der Waals surface area contributed by atoms with Gasteiger partial charge in [0.15, 0.2) is 0 Å². The van der Waals surface area contributed by atoms with Crippen molar-refractivity contribution in [2.24, 2.45) is 0 Å². The third kappa shape index (κ3) is 2.02. The van der Waals surface area contributed by atoms with E-state index in [0.717, 1.165) is 16.8 Å². The maximum atomic E-state index is 12.2. The van der Waals surface area contributed by atoms with Crippen LogP contribution in [0.25, 0.3) is 16.6 Å². The highest BCUT2D eigenvalue weighted by atomic mass is 35.5. The first-order valence-electron chi connectivity index (χ1n) is 5.91. The lowest BCUT2D eigenvalue weighted by atomic mass is 10.2. The van der Waals surface area contributed by atoms with Crippen LogP contribution in [0.2, 0.25) is 5.02 Å². The number of hydrogen-bond acceptors (Lipinski definition) is 2. The summed E-state index contributed by atoms with van der Waals surface area (Å²) in [5.41, 5.74) is 2.13. The van der Waals surface area contributed by atoms with Crippen molar-refractivity contribution < 1.29 is 0 Å². The van der Waals surface area contributed by atoms with Crippen LogP contribution in [0.3, 0.4) is 0 Å². The molecule has 2 aromatic carbocycles. The average Bonchev–Trinajstić information content (AvgIpc) is 2.59. The lowest BCUT2D eigenvalue weighted by molar-refractivity contribution is 0.886.